The molecule has 124 valence electrons. The average molecular weight is 338 g/mol. The minimum atomic E-state index is -0.691. The normalized spacial score (nSPS) is 22.7. The first kappa shape index (κ1) is 17.7. The minimum Gasteiger partial charge on any atom is -0.330 e. The van der Waals surface area contributed by atoms with Gasteiger partial charge in [-0.15, -0.1) is 0 Å². The fourth-order valence-corrected chi connectivity index (χ4v) is 3.37. The summed E-state index contributed by atoms with van der Waals surface area (Å²) in [6.45, 7) is 5.27. The molecule has 1 heterocycles. The van der Waals surface area contributed by atoms with Crippen LogP contribution >= 0.6 is 11.6 Å². The number of nitriles is 1. The number of carbonyl (C=O) groups is 1. The summed E-state index contributed by atoms with van der Waals surface area (Å²) in [5.41, 5.74) is 5.87. The molecule has 0 aliphatic carbocycles. The number of nitrogens with zero attached hydrogens (tertiary/aromatic N) is 2. The van der Waals surface area contributed by atoms with Crippen molar-refractivity contribution >= 4 is 17.5 Å². The number of carbonyl (C=O) groups excluding carboxylic acids is 1. The average Bonchev–Trinajstić information content (AvgIpc) is 2.94. The Morgan fingerprint density at radius 2 is 2.17 bits per heavy atom. The zero-order valence-electron chi connectivity index (χ0n) is 13.5. The van der Waals surface area contributed by atoms with Gasteiger partial charge in [0.2, 0.25) is 5.91 Å². The van der Waals surface area contributed by atoms with Crippen LogP contribution in [0.15, 0.2) is 18.2 Å². The number of amides is 1. The predicted molar refractivity (Wildman–Crippen MR) is 87.1 cm³/mol. The lowest BCUT2D eigenvalue weighted by Crippen LogP contribution is -2.50. The first-order valence-electron chi connectivity index (χ1n) is 7.63. The van der Waals surface area contributed by atoms with E-state index in [1.54, 1.807) is 24.0 Å². The highest BCUT2D eigenvalue weighted by molar-refractivity contribution is 6.30. The van der Waals surface area contributed by atoms with Gasteiger partial charge in [-0.3, -0.25) is 4.79 Å². The van der Waals surface area contributed by atoms with Crippen molar-refractivity contribution in [3.05, 3.63) is 34.6 Å². The molecule has 1 aromatic rings. The van der Waals surface area contributed by atoms with Crippen molar-refractivity contribution in [2.75, 3.05) is 0 Å². The molecule has 0 radical (unpaired) electrons. The summed E-state index contributed by atoms with van der Waals surface area (Å²) >= 11 is 5.88. The molecule has 3 atom stereocenters. The predicted octanol–water partition coefficient (Wildman–Crippen LogP) is 3.41. The zero-order chi connectivity index (χ0) is 17.4. The highest BCUT2D eigenvalue weighted by atomic mass is 35.5. The highest BCUT2D eigenvalue weighted by Crippen LogP contribution is 2.43. The summed E-state index contributed by atoms with van der Waals surface area (Å²) in [5.74, 6) is -0.700. The number of hydrogen-bond donors (Lipinski definition) is 1. The van der Waals surface area contributed by atoms with E-state index in [9.17, 15) is 14.4 Å². The Morgan fingerprint density at radius 3 is 2.70 bits per heavy atom. The Kier molecular flexibility index (Phi) is 4.98. The van der Waals surface area contributed by atoms with Crippen molar-refractivity contribution in [2.45, 2.75) is 51.7 Å². The second-order valence-electron chi connectivity index (χ2n) is 6.65. The lowest BCUT2D eigenvalue weighted by molar-refractivity contribution is -0.137. The molecule has 2 unspecified atom stereocenters. The van der Waals surface area contributed by atoms with Gasteiger partial charge in [0.15, 0.2) is 0 Å². The summed E-state index contributed by atoms with van der Waals surface area (Å²) in [6, 6.07) is 5.61. The standard InChI is InChI=1S/C17H21ClFN3O/c1-10(21)16(23)22-14(6-7-15(22)17(2,3)9-20)11-4-5-13(19)12(18)8-11/h4-5,8,10,14-15H,6-7,21H2,1-3H3/t10-,14?,15?/m1/s1. The molecule has 1 saturated heterocycles. The molecule has 0 spiro atoms. The summed E-state index contributed by atoms with van der Waals surface area (Å²) in [6.07, 6.45) is 1.38. The molecule has 1 amide bonds. The molecule has 2 rings (SSSR count). The fourth-order valence-electron chi connectivity index (χ4n) is 3.18. The Hall–Kier alpha value is -1.64. The van der Waals surface area contributed by atoms with E-state index in [-0.39, 0.29) is 23.0 Å². The fraction of sp³-hybridized carbons (Fsp3) is 0.529. The number of halogens is 2. The van der Waals surface area contributed by atoms with Crippen molar-refractivity contribution in [2.24, 2.45) is 11.1 Å². The van der Waals surface area contributed by atoms with E-state index in [2.05, 4.69) is 6.07 Å². The molecule has 0 saturated carbocycles. The summed E-state index contributed by atoms with van der Waals surface area (Å²) in [5, 5.41) is 9.47. The molecule has 2 N–H and O–H groups in total. The van der Waals surface area contributed by atoms with Crippen LogP contribution in [-0.4, -0.2) is 22.9 Å². The van der Waals surface area contributed by atoms with E-state index in [4.69, 9.17) is 17.3 Å². The van der Waals surface area contributed by atoms with E-state index in [0.29, 0.717) is 12.8 Å². The number of benzene rings is 1. The monoisotopic (exact) mass is 337 g/mol. The summed E-state index contributed by atoms with van der Waals surface area (Å²) in [7, 11) is 0. The van der Waals surface area contributed by atoms with Gasteiger partial charge in [0, 0.05) is 0 Å². The molecular formula is C17H21ClFN3O. The topological polar surface area (TPSA) is 70.1 Å². The Balaban J connectivity index is 2.44. The van der Waals surface area contributed by atoms with Crippen LogP contribution in [0, 0.1) is 22.6 Å². The van der Waals surface area contributed by atoms with Crippen molar-refractivity contribution < 1.29 is 9.18 Å². The maximum absolute atomic E-state index is 13.4. The second-order valence-corrected chi connectivity index (χ2v) is 7.06. The van der Waals surface area contributed by atoms with Crippen molar-refractivity contribution in [3.63, 3.8) is 0 Å². The molecule has 0 bridgehead atoms. The van der Waals surface area contributed by atoms with E-state index < -0.39 is 17.3 Å². The maximum atomic E-state index is 13.4. The van der Waals surface area contributed by atoms with Gasteiger partial charge < -0.3 is 10.6 Å². The number of hydrogen-bond acceptors (Lipinski definition) is 3. The third-order valence-electron chi connectivity index (χ3n) is 4.48. The van der Waals surface area contributed by atoms with Gasteiger partial charge in [0.25, 0.3) is 0 Å². The molecule has 0 aromatic heterocycles. The molecule has 1 aromatic carbocycles. The van der Waals surface area contributed by atoms with Crippen LogP contribution in [-0.2, 0) is 4.79 Å². The summed E-state index contributed by atoms with van der Waals surface area (Å²) < 4.78 is 13.4. The van der Waals surface area contributed by atoms with Gasteiger partial charge in [0.05, 0.1) is 34.6 Å². The first-order valence-corrected chi connectivity index (χ1v) is 8.00. The van der Waals surface area contributed by atoms with Crippen LogP contribution < -0.4 is 5.73 Å². The van der Waals surface area contributed by atoms with Crippen LogP contribution in [0.4, 0.5) is 4.39 Å². The van der Waals surface area contributed by atoms with Crippen LogP contribution in [0.3, 0.4) is 0 Å². The second kappa shape index (κ2) is 6.46. The third-order valence-corrected chi connectivity index (χ3v) is 4.77. The van der Waals surface area contributed by atoms with Crippen LogP contribution in [0.1, 0.15) is 45.2 Å². The molecule has 6 heteroatoms. The zero-order valence-corrected chi connectivity index (χ0v) is 14.3. The van der Waals surface area contributed by atoms with E-state index in [0.717, 1.165) is 5.56 Å². The highest BCUT2D eigenvalue weighted by Gasteiger charge is 2.46. The number of nitrogens with two attached hydrogens (primary N) is 1. The lowest BCUT2D eigenvalue weighted by atomic mass is 9.84. The van der Waals surface area contributed by atoms with Gasteiger partial charge in [-0.1, -0.05) is 17.7 Å². The minimum absolute atomic E-state index is 0.0266. The van der Waals surface area contributed by atoms with Gasteiger partial charge in [-0.25, -0.2) is 4.39 Å². The number of likely N-dealkylation sites (tertiary alicyclic amines) is 1. The van der Waals surface area contributed by atoms with Crippen LogP contribution in [0.25, 0.3) is 0 Å². The third kappa shape index (κ3) is 3.34. The molecular weight excluding hydrogens is 317 g/mol. The van der Waals surface area contributed by atoms with Crippen molar-refractivity contribution in [1.29, 1.82) is 5.26 Å². The molecule has 4 nitrogen and oxygen atoms in total. The largest absolute Gasteiger partial charge is 0.330 e. The van der Waals surface area contributed by atoms with E-state index in [1.165, 1.54) is 6.07 Å². The summed E-state index contributed by atoms with van der Waals surface area (Å²) in [4.78, 5) is 14.3. The SMILES string of the molecule is C[C@@H](N)C(=O)N1C(c2ccc(F)c(Cl)c2)CCC1C(C)(C)C#N. The Bertz CT molecular complexity index is 654. The van der Waals surface area contributed by atoms with Gasteiger partial charge in [-0.2, -0.15) is 5.26 Å². The van der Waals surface area contributed by atoms with Crippen LogP contribution in [0.5, 0.6) is 0 Å². The maximum Gasteiger partial charge on any atom is 0.240 e. The smallest absolute Gasteiger partial charge is 0.240 e. The van der Waals surface area contributed by atoms with Crippen molar-refractivity contribution in [3.8, 4) is 6.07 Å². The quantitative estimate of drug-likeness (QED) is 0.918. The van der Waals surface area contributed by atoms with E-state index >= 15 is 0 Å². The first-order chi connectivity index (χ1) is 10.7. The van der Waals surface area contributed by atoms with E-state index in [1.807, 2.05) is 13.8 Å². The lowest BCUT2D eigenvalue weighted by Gasteiger charge is -2.37. The molecule has 1 aliphatic rings. The molecule has 1 aliphatic heterocycles. The van der Waals surface area contributed by atoms with Gasteiger partial charge in [-0.05, 0) is 51.3 Å². The number of rotatable bonds is 3. The molecule has 1 fully saturated rings. The Labute approximate surface area is 141 Å². The molecule has 23 heavy (non-hydrogen) atoms. The van der Waals surface area contributed by atoms with Gasteiger partial charge in [0.1, 0.15) is 5.82 Å². The van der Waals surface area contributed by atoms with Crippen molar-refractivity contribution in [1.82, 2.24) is 4.90 Å². The van der Waals surface area contributed by atoms with Crippen LogP contribution in [0.2, 0.25) is 5.02 Å². The van der Waals surface area contributed by atoms with Gasteiger partial charge >= 0.3 is 0 Å². The Morgan fingerprint density at radius 1 is 1.52 bits per heavy atom.